The van der Waals surface area contributed by atoms with Crippen LogP contribution in [-0.4, -0.2) is 12.7 Å². The van der Waals surface area contributed by atoms with E-state index in [-0.39, 0.29) is 12.1 Å². The minimum absolute atomic E-state index is 0.198. The zero-order valence-corrected chi connectivity index (χ0v) is 12.4. The molecule has 0 fully saturated rings. The first-order chi connectivity index (χ1) is 10.2. The fourth-order valence-electron chi connectivity index (χ4n) is 2.42. The molecule has 3 rings (SSSR count). The minimum atomic E-state index is -0.219. The molecule has 0 spiro atoms. The Morgan fingerprint density at radius 3 is 2.71 bits per heavy atom. The number of ether oxygens (including phenoxy) is 2. The van der Waals surface area contributed by atoms with E-state index in [1.54, 1.807) is 0 Å². The number of aryl methyl sites for hydroxylation is 1. The van der Waals surface area contributed by atoms with Crippen molar-refractivity contribution in [1.82, 2.24) is 5.43 Å². The average Bonchev–Trinajstić information content (AvgIpc) is 2.51. The van der Waals surface area contributed by atoms with E-state index in [1.165, 1.54) is 0 Å². The standard InChI is InChI=1S/C16H17ClN2O2/c1-10-6-7-11(8-12(10)17)16(19-18)15-9-20-13-4-2-3-5-14(13)21-15/h2-8,15-16,19H,9,18H2,1H3. The largest absolute Gasteiger partial charge is 0.486 e. The van der Waals surface area contributed by atoms with Crippen molar-refractivity contribution in [3.63, 3.8) is 0 Å². The van der Waals surface area contributed by atoms with Gasteiger partial charge in [-0.05, 0) is 36.2 Å². The first-order valence-electron chi connectivity index (χ1n) is 6.79. The van der Waals surface area contributed by atoms with Crippen LogP contribution in [-0.2, 0) is 0 Å². The monoisotopic (exact) mass is 304 g/mol. The highest BCUT2D eigenvalue weighted by atomic mass is 35.5. The second-order valence-corrected chi connectivity index (χ2v) is 5.47. The molecule has 2 atom stereocenters. The Morgan fingerprint density at radius 2 is 2.00 bits per heavy atom. The number of halogens is 1. The first-order valence-corrected chi connectivity index (χ1v) is 7.17. The third-order valence-corrected chi connectivity index (χ3v) is 4.04. The van der Waals surface area contributed by atoms with E-state index >= 15 is 0 Å². The molecule has 1 aliphatic heterocycles. The topological polar surface area (TPSA) is 56.5 Å². The molecule has 0 saturated heterocycles. The predicted octanol–water partition coefficient (Wildman–Crippen LogP) is 2.99. The van der Waals surface area contributed by atoms with Crippen molar-refractivity contribution in [1.29, 1.82) is 0 Å². The molecule has 0 bridgehead atoms. The molecule has 1 heterocycles. The summed E-state index contributed by atoms with van der Waals surface area (Å²) in [5.41, 5.74) is 4.81. The van der Waals surface area contributed by atoms with Gasteiger partial charge in [0, 0.05) is 5.02 Å². The molecule has 2 aromatic carbocycles. The second kappa shape index (κ2) is 5.93. The van der Waals surface area contributed by atoms with Crippen molar-refractivity contribution in [2.24, 2.45) is 5.84 Å². The summed E-state index contributed by atoms with van der Waals surface area (Å²) in [6, 6.07) is 13.3. The van der Waals surface area contributed by atoms with Crippen LogP contribution in [0.3, 0.4) is 0 Å². The van der Waals surface area contributed by atoms with Crippen LogP contribution in [0.2, 0.25) is 5.02 Å². The number of rotatable bonds is 3. The zero-order chi connectivity index (χ0) is 14.8. The Balaban J connectivity index is 1.86. The normalized spacial score (nSPS) is 18.3. The van der Waals surface area contributed by atoms with E-state index in [4.69, 9.17) is 26.9 Å². The molecule has 0 aliphatic carbocycles. The third-order valence-electron chi connectivity index (χ3n) is 3.64. The van der Waals surface area contributed by atoms with Gasteiger partial charge < -0.3 is 9.47 Å². The number of benzene rings is 2. The first kappa shape index (κ1) is 14.2. The highest BCUT2D eigenvalue weighted by Gasteiger charge is 2.29. The molecule has 0 radical (unpaired) electrons. The molecule has 0 amide bonds. The van der Waals surface area contributed by atoms with Crippen molar-refractivity contribution in [2.45, 2.75) is 19.1 Å². The Labute approximate surface area is 128 Å². The minimum Gasteiger partial charge on any atom is -0.486 e. The summed E-state index contributed by atoms with van der Waals surface area (Å²) in [5.74, 6) is 7.20. The van der Waals surface area contributed by atoms with Crippen LogP contribution >= 0.6 is 11.6 Å². The maximum atomic E-state index is 6.19. The van der Waals surface area contributed by atoms with E-state index < -0.39 is 0 Å². The average molecular weight is 305 g/mol. The van der Waals surface area contributed by atoms with Crippen molar-refractivity contribution >= 4 is 11.6 Å². The molecule has 3 N–H and O–H groups in total. The highest BCUT2D eigenvalue weighted by molar-refractivity contribution is 6.31. The lowest BCUT2D eigenvalue weighted by atomic mass is 10.0. The summed E-state index contributed by atoms with van der Waals surface area (Å²) in [7, 11) is 0. The number of nitrogens with one attached hydrogen (secondary N) is 1. The van der Waals surface area contributed by atoms with E-state index in [1.807, 2.05) is 49.4 Å². The van der Waals surface area contributed by atoms with Gasteiger partial charge in [0.2, 0.25) is 0 Å². The van der Waals surface area contributed by atoms with E-state index in [2.05, 4.69) is 5.43 Å². The molecule has 0 saturated carbocycles. The van der Waals surface area contributed by atoms with Gasteiger partial charge in [-0.15, -0.1) is 0 Å². The van der Waals surface area contributed by atoms with Crippen LogP contribution in [0.4, 0.5) is 0 Å². The van der Waals surface area contributed by atoms with Gasteiger partial charge in [0.15, 0.2) is 17.6 Å². The number of nitrogens with two attached hydrogens (primary N) is 1. The van der Waals surface area contributed by atoms with Crippen LogP contribution in [0.5, 0.6) is 11.5 Å². The number of fused-ring (bicyclic) bond motifs is 1. The van der Waals surface area contributed by atoms with Gasteiger partial charge >= 0.3 is 0 Å². The van der Waals surface area contributed by atoms with Crippen molar-refractivity contribution in [3.05, 3.63) is 58.6 Å². The molecular weight excluding hydrogens is 288 g/mol. The quantitative estimate of drug-likeness (QED) is 0.676. The van der Waals surface area contributed by atoms with Gasteiger partial charge in [-0.1, -0.05) is 35.9 Å². The van der Waals surface area contributed by atoms with E-state index in [9.17, 15) is 0 Å². The second-order valence-electron chi connectivity index (χ2n) is 5.07. The summed E-state index contributed by atoms with van der Waals surface area (Å²) in [6.07, 6.45) is -0.219. The van der Waals surface area contributed by atoms with Crippen molar-refractivity contribution in [3.8, 4) is 11.5 Å². The smallest absolute Gasteiger partial charge is 0.161 e. The molecule has 1 aliphatic rings. The molecule has 0 aromatic heterocycles. The van der Waals surface area contributed by atoms with Crippen LogP contribution in [0.1, 0.15) is 17.2 Å². The Hall–Kier alpha value is -1.75. The number of hydrogen-bond acceptors (Lipinski definition) is 4. The maximum absolute atomic E-state index is 6.19. The molecule has 21 heavy (non-hydrogen) atoms. The number of hydrazine groups is 1. The Bertz CT molecular complexity index is 648. The predicted molar refractivity (Wildman–Crippen MR) is 82.6 cm³/mol. The molecule has 110 valence electrons. The van der Waals surface area contributed by atoms with Crippen LogP contribution < -0.4 is 20.7 Å². The maximum Gasteiger partial charge on any atom is 0.161 e. The third kappa shape index (κ3) is 2.83. The fourth-order valence-corrected chi connectivity index (χ4v) is 2.61. The van der Waals surface area contributed by atoms with Crippen LogP contribution in [0.25, 0.3) is 0 Å². The van der Waals surface area contributed by atoms with Crippen molar-refractivity contribution < 1.29 is 9.47 Å². The molecule has 2 unspecified atom stereocenters. The Morgan fingerprint density at radius 1 is 1.24 bits per heavy atom. The zero-order valence-electron chi connectivity index (χ0n) is 11.7. The number of para-hydroxylation sites is 2. The summed E-state index contributed by atoms with van der Waals surface area (Å²) in [4.78, 5) is 0. The lowest BCUT2D eigenvalue weighted by molar-refractivity contribution is 0.0617. The van der Waals surface area contributed by atoms with Crippen molar-refractivity contribution in [2.75, 3.05) is 6.61 Å². The van der Waals surface area contributed by atoms with E-state index in [0.717, 1.165) is 22.6 Å². The lowest BCUT2D eigenvalue weighted by Gasteiger charge is -2.32. The van der Waals surface area contributed by atoms with Crippen LogP contribution in [0, 0.1) is 6.92 Å². The van der Waals surface area contributed by atoms with Gasteiger partial charge in [0.1, 0.15) is 6.61 Å². The summed E-state index contributed by atoms with van der Waals surface area (Å²) in [5, 5.41) is 0.713. The summed E-state index contributed by atoms with van der Waals surface area (Å²) < 4.78 is 11.7. The van der Waals surface area contributed by atoms with Gasteiger partial charge in [-0.2, -0.15) is 0 Å². The SMILES string of the molecule is Cc1ccc(C(NN)C2COc3ccccc3O2)cc1Cl. The molecule has 2 aromatic rings. The molecule has 4 nitrogen and oxygen atoms in total. The lowest BCUT2D eigenvalue weighted by Crippen LogP contribution is -2.44. The fraction of sp³-hybridized carbons (Fsp3) is 0.250. The van der Waals surface area contributed by atoms with E-state index in [0.29, 0.717) is 11.6 Å². The van der Waals surface area contributed by atoms with Gasteiger partial charge in [-0.25, -0.2) is 5.43 Å². The number of hydrogen-bond donors (Lipinski definition) is 2. The van der Waals surface area contributed by atoms with Crippen LogP contribution in [0.15, 0.2) is 42.5 Å². The summed E-state index contributed by atoms with van der Waals surface area (Å²) in [6.45, 7) is 2.39. The Kier molecular flexibility index (Phi) is 4.01. The summed E-state index contributed by atoms with van der Waals surface area (Å²) >= 11 is 6.19. The molecule has 5 heteroatoms. The highest BCUT2D eigenvalue weighted by Crippen LogP contribution is 2.34. The molecular formula is C16H17ClN2O2. The van der Waals surface area contributed by atoms with Gasteiger partial charge in [0.25, 0.3) is 0 Å². The van der Waals surface area contributed by atoms with Gasteiger partial charge in [-0.3, -0.25) is 5.84 Å². The van der Waals surface area contributed by atoms with Gasteiger partial charge in [0.05, 0.1) is 6.04 Å².